The number of aliphatic imine (C=N–C) groups is 1. The predicted molar refractivity (Wildman–Crippen MR) is 104 cm³/mol. The van der Waals surface area contributed by atoms with Gasteiger partial charge in [0.1, 0.15) is 0 Å². The molecule has 1 amide bonds. The molecule has 2 rings (SSSR count). The standard InChI is InChI=1S/C20H28N4O/c1-4-7-16-8-6-9-18(20(16)21-3)23-19(25)15-24-13-10-17(11-14-24)22-12-5-2/h4-9,12,17,22H,1,10-11,13-15H2,2-3H3,(H,23,25)/b12-5+,16-7-,21-20?. The Morgan fingerprint density at radius 1 is 1.44 bits per heavy atom. The lowest BCUT2D eigenvalue weighted by atomic mass is 10.0. The summed E-state index contributed by atoms with van der Waals surface area (Å²) >= 11 is 0. The quantitative estimate of drug-likeness (QED) is 0.780. The molecule has 0 radical (unpaired) electrons. The Morgan fingerprint density at radius 2 is 2.20 bits per heavy atom. The average molecular weight is 340 g/mol. The minimum absolute atomic E-state index is 0.000478. The third-order valence-corrected chi connectivity index (χ3v) is 4.32. The summed E-state index contributed by atoms with van der Waals surface area (Å²) in [7, 11) is 1.73. The summed E-state index contributed by atoms with van der Waals surface area (Å²) in [5.74, 6) is 0.000478. The van der Waals surface area contributed by atoms with E-state index in [0.29, 0.717) is 12.6 Å². The highest BCUT2D eigenvalue weighted by molar-refractivity contribution is 6.16. The van der Waals surface area contributed by atoms with Gasteiger partial charge in [0.15, 0.2) is 0 Å². The molecular formula is C20H28N4O. The summed E-state index contributed by atoms with van der Waals surface area (Å²) in [5, 5.41) is 6.38. The molecule has 0 aromatic carbocycles. The monoisotopic (exact) mass is 340 g/mol. The molecule has 1 aliphatic carbocycles. The van der Waals surface area contributed by atoms with Crippen molar-refractivity contribution in [2.45, 2.75) is 25.8 Å². The molecule has 0 atom stereocenters. The first-order chi connectivity index (χ1) is 12.2. The van der Waals surface area contributed by atoms with E-state index in [0.717, 1.165) is 42.9 Å². The average Bonchev–Trinajstić information content (AvgIpc) is 2.61. The van der Waals surface area contributed by atoms with Crippen LogP contribution in [0.3, 0.4) is 0 Å². The van der Waals surface area contributed by atoms with E-state index in [1.165, 1.54) is 0 Å². The number of nitrogens with zero attached hydrogens (tertiary/aromatic N) is 2. The number of allylic oxidation sites excluding steroid dienone is 7. The third-order valence-electron chi connectivity index (χ3n) is 4.32. The van der Waals surface area contributed by atoms with Crippen molar-refractivity contribution >= 4 is 11.6 Å². The maximum Gasteiger partial charge on any atom is 0.238 e. The van der Waals surface area contributed by atoms with Gasteiger partial charge in [-0.15, -0.1) is 0 Å². The van der Waals surface area contributed by atoms with E-state index < -0.39 is 0 Å². The minimum Gasteiger partial charge on any atom is -0.388 e. The summed E-state index contributed by atoms with van der Waals surface area (Å²) in [6.45, 7) is 8.00. The van der Waals surface area contributed by atoms with E-state index in [9.17, 15) is 4.79 Å². The molecule has 1 heterocycles. The van der Waals surface area contributed by atoms with Crippen LogP contribution < -0.4 is 10.6 Å². The number of rotatable bonds is 6. The molecule has 0 saturated carbocycles. The zero-order valence-electron chi connectivity index (χ0n) is 15.2. The van der Waals surface area contributed by atoms with Gasteiger partial charge in [-0.05, 0) is 32.0 Å². The molecule has 0 bridgehead atoms. The molecule has 2 aliphatic rings. The van der Waals surface area contributed by atoms with Crippen molar-refractivity contribution in [1.29, 1.82) is 0 Å². The number of carbonyl (C=O) groups is 1. The van der Waals surface area contributed by atoms with Crippen molar-refractivity contribution in [1.82, 2.24) is 15.5 Å². The molecule has 1 saturated heterocycles. The highest BCUT2D eigenvalue weighted by Gasteiger charge is 2.21. The number of carbonyl (C=O) groups excluding carboxylic acids is 1. The van der Waals surface area contributed by atoms with Crippen LogP contribution in [-0.2, 0) is 4.79 Å². The van der Waals surface area contributed by atoms with Gasteiger partial charge in [-0.1, -0.05) is 37.0 Å². The van der Waals surface area contributed by atoms with Gasteiger partial charge in [0, 0.05) is 31.8 Å². The summed E-state index contributed by atoms with van der Waals surface area (Å²) in [5.41, 5.74) is 2.48. The maximum atomic E-state index is 12.4. The third kappa shape index (κ3) is 5.57. The van der Waals surface area contributed by atoms with Crippen LogP contribution in [-0.4, -0.2) is 49.2 Å². The van der Waals surface area contributed by atoms with Crippen molar-refractivity contribution in [2.75, 3.05) is 26.7 Å². The first-order valence-corrected chi connectivity index (χ1v) is 8.76. The number of hydrogen-bond acceptors (Lipinski definition) is 4. The van der Waals surface area contributed by atoms with Crippen LogP contribution in [0.4, 0.5) is 0 Å². The number of amides is 1. The van der Waals surface area contributed by atoms with Gasteiger partial charge in [0.25, 0.3) is 0 Å². The van der Waals surface area contributed by atoms with E-state index in [4.69, 9.17) is 0 Å². The Morgan fingerprint density at radius 3 is 2.84 bits per heavy atom. The van der Waals surface area contributed by atoms with Gasteiger partial charge in [0.2, 0.25) is 5.91 Å². The largest absolute Gasteiger partial charge is 0.388 e. The molecule has 0 unspecified atom stereocenters. The number of likely N-dealkylation sites (tertiary alicyclic amines) is 1. The molecule has 2 N–H and O–H groups in total. The Bertz CT molecular complexity index is 632. The lowest BCUT2D eigenvalue weighted by Gasteiger charge is -2.31. The molecule has 134 valence electrons. The Balaban J connectivity index is 1.86. The number of piperidine rings is 1. The fraction of sp³-hybridized carbons (Fsp3) is 0.400. The topological polar surface area (TPSA) is 56.7 Å². The zero-order chi connectivity index (χ0) is 18.1. The molecule has 25 heavy (non-hydrogen) atoms. The normalized spacial score (nSPS) is 22.4. The second kappa shape index (κ2) is 9.79. The molecule has 5 nitrogen and oxygen atoms in total. The van der Waals surface area contributed by atoms with Gasteiger partial charge < -0.3 is 10.6 Å². The Kier molecular flexibility index (Phi) is 7.41. The second-order valence-corrected chi connectivity index (χ2v) is 6.13. The summed E-state index contributed by atoms with van der Waals surface area (Å²) < 4.78 is 0. The summed E-state index contributed by atoms with van der Waals surface area (Å²) in [6.07, 6.45) is 15.5. The SMILES string of the molecule is C=C/C=C1/C=CC=C(NC(=O)CN2CCC(N/C=C/C)CC2)C1=NC. The second-order valence-electron chi connectivity index (χ2n) is 6.13. The van der Waals surface area contributed by atoms with Gasteiger partial charge in [-0.3, -0.25) is 14.7 Å². The van der Waals surface area contributed by atoms with E-state index in [1.807, 2.05) is 43.5 Å². The van der Waals surface area contributed by atoms with Crippen LogP contribution in [0.1, 0.15) is 19.8 Å². The minimum atomic E-state index is 0.000478. The summed E-state index contributed by atoms with van der Waals surface area (Å²) in [6, 6.07) is 0.507. The molecule has 1 fully saturated rings. The lowest BCUT2D eigenvalue weighted by Crippen LogP contribution is -2.45. The maximum absolute atomic E-state index is 12.4. The van der Waals surface area contributed by atoms with E-state index in [-0.39, 0.29) is 5.91 Å². The van der Waals surface area contributed by atoms with Gasteiger partial charge in [-0.2, -0.15) is 0 Å². The first kappa shape index (κ1) is 18.9. The fourth-order valence-corrected chi connectivity index (χ4v) is 3.06. The highest BCUT2D eigenvalue weighted by atomic mass is 16.2. The molecular weight excluding hydrogens is 312 g/mol. The van der Waals surface area contributed by atoms with Gasteiger partial charge in [0.05, 0.1) is 18.0 Å². The Labute approximate surface area is 150 Å². The van der Waals surface area contributed by atoms with Crippen molar-refractivity contribution in [3.63, 3.8) is 0 Å². The van der Waals surface area contributed by atoms with Crippen LogP contribution in [0.25, 0.3) is 0 Å². The molecule has 5 heteroatoms. The first-order valence-electron chi connectivity index (χ1n) is 8.76. The van der Waals surface area contributed by atoms with Gasteiger partial charge in [-0.25, -0.2) is 0 Å². The summed E-state index contributed by atoms with van der Waals surface area (Å²) in [4.78, 5) is 18.9. The predicted octanol–water partition coefficient (Wildman–Crippen LogP) is 2.33. The highest BCUT2D eigenvalue weighted by Crippen LogP contribution is 2.14. The van der Waals surface area contributed by atoms with Crippen molar-refractivity contribution < 1.29 is 4.79 Å². The van der Waals surface area contributed by atoms with E-state index >= 15 is 0 Å². The molecule has 0 aromatic heterocycles. The number of hydrogen-bond donors (Lipinski definition) is 2. The van der Waals surface area contributed by atoms with Crippen LogP contribution in [0.5, 0.6) is 0 Å². The Hall–Kier alpha value is -2.40. The van der Waals surface area contributed by atoms with Crippen LogP contribution in [0, 0.1) is 0 Å². The van der Waals surface area contributed by atoms with E-state index in [2.05, 4.69) is 27.1 Å². The van der Waals surface area contributed by atoms with Crippen molar-refractivity contribution in [3.05, 3.63) is 60.5 Å². The molecule has 0 spiro atoms. The molecule has 0 aromatic rings. The smallest absolute Gasteiger partial charge is 0.238 e. The van der Waals surface area contributed by atoms with Gasteiger partial charge >= 0.3 is 0 Å². The molecule has 1 aliphatic heterocycles. The van der Waals surface area contributed by atoms with Crippen molar-refractivity contribution in [3.8, 4) is 0 Å². The van der Waals surface area contributed by atoms with Crippen LogP contribution in [0.15, 0.2) is 65.5 Å². The lowest BCUT2D eigenvalue weighted by molar-refractivity contribution is -0.121. The van der Waals surface area contributed by atoms with E-state index in [1.54, 1.807) is 13.1 Å². The van der Waals surface area contributed by atoms with Crippen LogP contribution in [0.2, 0.25) is 0 Å². The van der Waals surface area contributed by atoms with Crippen molar-refractivity contribution in [2.24, 2.45) is 4.99 Å². The zero-order valence-corrected chi connectivity index (χ0v) is 15.2. The number of nitrogens with one attached hydrogen (secondary N) is 2. The van der Waals surface area contributed by atoms with Crippen LogP contribution >= 0.6 is 0 Å². The fourth-order valence-electron chi connectivity index (χ4n) is 3.06.